The molecule has 0 spiro atoms. The molecule has 0 unspecified atom stereocenters. The van der Waals surface area contributed by atoms with E-state index in [2.05, 4.69) is 21.9 Å². The molecule has 90 valence electrons. The number of hydrogen-bond donors (Lipinski definition) is 1. The van der Waals surface area contributed by atoms with Gasteiger partial charge in [0, 0.05) is 29.9 Å². The van der Waals surface area contributed by atoms with Crippen molar-refractivity contribution in [3.05, 3.63) is 40.1 Å². The summed E-state index contributed by atoms with van der Waals surface area (Å²) >= 11 is 1.69. The van der Waals surface area contributed by atoms with Gasteiger partial charge in [0.1, 0.15) is 0 Å². The highest BCUT2D eigenvalue weighted by Crippen LogP contribution is 2.15. The molecule has 0 radical (unpaired) electrons. The number of hydrogen-bond acceptors (Lipinski definition) is 5. The van der Waals surface area contributed by atoms with Gasteiger partial charge in [-0.15, -0.1) is 11.3 Å². The van der Waals surface area contributed by atoms with Crippen LogP contribution < -0.4 is 5.73 Å². The minimum Gasteiger partial charge on any atom is -0.399 e. The fourth-order valence-electron chi connectivity index (χ4n) is 1.64. The molecule has 17 heavy (non-hydrogen) atoms. The van der Waals surface area contributed by atoms with E-state index >= 15 is 0 Å². The lowest BCUT2D eigenvalue weighted by Gasteiger charge is -2.15. The van der Waals surface area contributed by atoms with Crippen LogP contribution in [-0.4, -0.2) is 21.9 Å². The van der Waals surface area contributed by atoms with E-state index in [4.69, 9.17) is 5.73 Å². The van der Waals surface area contributed by atoms with Gasteiger partial charge in [0.15, 0.2) is 0 Å². The molecule has 2 N–H and O–H groups in total. The number of nitrogen functional groups attached to an aromatic ring is 1. The van der Waals surface area contributed by atoms with Crippen LogP contribution in [0.3, 0.4) is 0 Å². The quantitative estimate of drug-likeness (QED) is 0.900. The van der Waals surface area contributed by atoms with Crippen LogP contribution in [-0.2, 0) is 13.1 Å². The van der Waals surface area contributed by atoms with Crippen LogP contribution >= 0.6 is 11.3 Å². The van der Waals surface area contributed by atoms with Crippen molar-refractivity contribution < 1.29 is 0 Å². The van der Waals surface area contributed by atoms with Crippen LogP contribution in [0.25, 0.3) is 0 Å². The molecule has 2 aromatic rings. The fraction of sp³-hybridized carbons (Fsp3) is 0.333. The number of thiazole rings is 1. The van der Waals surface area contributed by atoms with E-state index in [1.165, 1.54) is 4.88 Å². The summed E-state index contributed by atoms with van der Waals surface area (Å²) in [5.74, 6) is 0. The first-order valence-corrected chi connectivity index (χ1v) is 6.31. The number of rotatable bonds is 4. The highest BCUT2D eigenvalue weighted by molar-refractivity contribution is 7.09. The maximum atomic E-state index is 5.73. The first kappa shape index (κ1) is 12.0. The topological polar surface area (TPSA) is 55.0 Å². The monoisotopic (exact) mass is 248 g/mol. The average Bonchev–Trinajstić information content (AvgIpc) is 2.64. The Morgan fingerprint density at radius 2 is 2.18 bits per heavy atom. The van der Waals surface area contributed by atoms with Crippen molar-refractivity contribution in [2.24, 2.45) is 0 Å². The Kier molecular flexibility index (Phi) is 3.71. The summed E-state index contributed by atoms with van der Waals surface area (Å²) in [6.07, 6.45) is 1.75. The molecule has 4 nitrogen and oxygen atoms in total. The predicted octanol–water partition coefficient (Wildman–Crippen LogP) is 2.06. The van der Waals surface area contributed by atoms with Gasteiger partial charge < -0.3 is 5.73 Å². The van der Waals surface area contributed by atoms with Gasteiger partial charge in [-0.25, -0.2) is 4.98 Å². The molecular weight excluding hydrogens is 232 g/mol. The van der Waals surface area contributed by atoms with E-state index in [9.17, 15) is 0 Å². The third-order valence-electron chi connectivity index (χ3n) is 2.53. The minimum absolute atomic E-state index is 0.761. The molecular formula is C12H16N4S. The summed E-state index contributed by atoms with van der Waals surface area (Å²) in [5, 5.41) is 0. The summed E-state index contributed by atoms with van der Waals surface area (Å²) in [6.45, 7) is 3.73. The minimum atomic E-state index is 0.761. The van der Waals surface area contributed by atoms with Crippen LogP contribution in [0.5, 0.6) is 0 Å². The lowest BCUT2D eigenvalue weighted by atomic mass is 10.3. The molecule has 2 aromatic heterocycles. The second-order valence-electron chi connectivity index (χ2n) is 4.11. The summed E-state index contributed by atoms with van der Waals surface area (Å²) in [5.41, 5.74) is 10.5. The van der Waals surface area contributed by atoms with Gasteiger partial charge in [-0.1, -0.05) is 0 Å². The standard InChI is InChI=1S/C12H16N4S/c1-9-12(17-8-15-9)7-16(2)6-11-5-10(13)3-4-14-11/h3-5,8H,6-7H2,1-2H3,(H2,13,14). The van der Waals surface area contributed by atoms with Gasteiger partial charge in [-0.05, 0) is 26.1 Å². The zero-order valence-corrected chi connectivity index (χ0v) is 10.9. The average molecular weight is 248 g/mol. The molecule has 0 fully saturated rings. The van der Waals surface area contributed by atoms with Crippen LogP contribution in [0, 0.1) is 6.92 Å². The van der Waals surface area contributed by atoms with Gasteiger partial charge >= 0.3 is 0 Å². The molecule has 0 aromatic carbocycles. The zero-order valence-electron chi connectivity index (χ0n) is 10.1. The fourth-order valence-corrected chi connectivity index (χ4v) is 2.50. The molecule has 2 heterocycles. The lowest BCUT2D eigenvalue weighted by molar-refractivity contribution is 0.317. The molecule has 0 aliphatic rings. The predicted molar refractivity (Wildman–Crippen MR) is 70.7 cm³/mol. The molecule has 0 aliphatic carbocycles. The first-order valence-electron chi connectivity index (χ1n) is 5.43. The van der Waals surface area contributed by atoms with Gasteiger partial charge in [-0.2, -0.15) is 0 Å². The third-order valence-corrected chi connectivity index (χ3v) is 3.45. The van der Waals surface area contributed by atoms with Crippen molar-refractivity contribution in [2.75, 3.05) is 12.8 Å². The van der Waals surface area contributed by atoms with E-state index < -0.39 is 0 Å². The highest BCUT2D eigenvalue weighted by atomic mass is 32.1. The van der Waals surface area contributed by atoms with Crippen LogP contribution in [0.4, 0.5) is 5.69 Å². The van der Waals surface area contributed by atoms with Crippen molar-refractivity contribution in [1.29, 1.82) is 0 Å². The van der Waals surface area contributed by atoms with Crippen LogP contribution in [0.15, 0.2) is 23.8 Å². The molecule has 0 amide bonds. The molecule has 0 atom stereocenters. The second-order valence-corrected chi connectivity index (χ2v) is 5.05. The molecule has 0 bridgehead atoms. The normalized spacial score (nSPS) is 11.0. The van der Waals surface area contributed by atoms with Crippen molar-refractivity contribution >= 4 is 17.0 Å². The maximum Gasteiger partial charge on any atom is 0.0798 e. The molecule has 5 heteroatoms. The number of nitrogens with two attached hydrogens (primary N) is 1. The van der Waals surface area contributed by atoms with E-state index in [0.29, 0.717) is 0 Å². The number of pyridine rings is 1. The van der Waals surface area contributed by atoms with Crippen molar-refractivity contribution in [2.45, 2.75) is 20.0 Å². The summed E-state index contributed by atoms with van der Waals surface area (Å²) in [4.78, 5) is 12.1. The Morgan fingerprint density at radius 3 is 2.82 bits per heavy atom. The smallest absolute Gasteiger partial charge is 0.0798 e. The molecule has 2 rings (SSSR count). The Balaban J connectivity index is 1.98. The van der Waals surface area contributed by atoms with Crippen LogP contribution in [0.2, 0.25) is 0 Å². The van der Waals surface area contributed by atoms with Gasteiger partial charge in [0.2, 0.25) is 0 Å². The lowest BCUT2D eigenvalue weighted by Crippen LogP contribution is -2.17. The highest BCUT2D eigenvalue weighted by Gasteiger charge is 2.07. The summed E-state index contributed by atoms with van der Waals surface area (Å²) in [6, 6.07) is 3.72. The maximum absolute atomic E-state index is 5.73. The number of anilines is 1. The van der Waals surface area contributed by atoms with Crippen molar-refractivity contribution in [3.8, 4) is 0 Å². The molecule has 0 aliphatic heterocycles. The first-order chi connectivity index (χ1) is 8.15. The van der Waals surface area contributed by atoms with Crippen molar-refractivity contribution in [3.63, 3.8) is 0 Å². The van der Waals surface area contributed by atoms with E-state index in [1.54, 1.807) is 23.6 Å². The number of aryl methyl sites for hydroxylation is 1. The summed E-state index contributed by atoms with van der Waals surface area (Å²) < 4.78 is 0. The molecule has 0 saturated carbocycles. The molecule has 0 saturated heterocycles. The van der Waals surface area contributed by atoms with E-state index in [1.807, 2.05) is 18.5 Å². The zero-order chi connectivity index (χ0) is 12.3. The van der Waals surface area contributed by atoms with Gasteiger partial charge in [0.05, 0.1) is 16.9 Å². The Hall–Kier alpha value is -1.46. The second kappa shape index (κ2) is 5.25. The van der Waals surface area contributed by atoms with Crippen LogP contribution in [0.1, 0.15) is 16.3 Å². The van der Waals surface area contributed by atoms with Crippen molar-refractivity contribution in [1.82, 2.24) is 14.9 Å². The van der Waals surface area contributed by atoms with Gasteiger partial charge in [-0.3, -0.25) is 9.88 Å². The third kappa shape index (κ3) is 3.25. The van der Waals surface area contributed by atoms with E-state index in [-0.39, 0.29) is 0 Å². The Labute approximate surface area is 105 Å². The Morgan fingerprint density at radius 1 is 1.35 bits per heavy atom. The number of nitrogens with zero attached hydrogens (tertiary/aromatic N) is 3. The Bertz CT molecular complexity index is 495. The SMILES string of the molecule is Cc1ncsc1CN(C)Cc1cc(N)ccn1. The van der Waals surface area contributed by atoms with Gasteiger partial charge in [0.25, 0.3) is 0 Å². The largest absolute Gasteiger partial charge is 0.399 e. The number of aromatic nitrogens is 2. The van der Waals surface area contributed by atoms with E-state index in [0.717, 1.165) is 30.2 Å². The summed E-state index contributed by atoms with van der Waals surface area (Å²) in [7, 11) is 2.07.